The fourth-order valence-electron chi connectivity index (χ4n) is 3.10. The van der Waals surface area contributed by atoms with Gasteiger partial charge in [-0.05, 0) is 42.5 Å². The van der Waals surface area contributed by atoms with Crippen molar-refractivity contribution < 1.29 is 14.3 Å². The third-order valence-electron chi connectivity index (χ3n) is 4.82. The predicted molar refractivity (Wildman–Crippen MR) is 94.7 cm³/mol. The van der Waals surface area contributed by atoms with Crippen molar-refractivity contribution in [2.45, 2.75) is 39.2 Å². The summed E-state index contributed by atoms with van der Waals surface area (Å²) in [6.07, 6.45) is 3.33. The number of nitrogens with one attached hydrogen (secondary N) is 2. The molecule has 0 heterocycles. The number of ether oxygens (including phenoxy) is 1. The van der Waals surface area contributed by atoms with E-state index in [1.165, 1.54) is 6.42 Å². The zero-order valence-corrected chi connectivity index (χ0v) is 14.7. The maximum Gasteiger partial charge on any atom is 0.250 e. The summed E-state index contributed by atoms with van der Waals surface area (Å²) in [6, 6.07) is 8.74. The van der Waals surface area contributed by atoms with Crippen LogP contribution >= 0.6 is 0 Å². The summed E-state index contributed by atoms with van der Waals surface area (Å²) in [7, 11) is 0. The van der Waals surface area contributed by atoms with Crippen molar-refractivity contribution in [3.05, 3.63) is 29.8 Å². The number of nitriles is 1. The van der Waals surface area contributed by atoms with Gasteiger partial charge in [-0.1, -0.05) is 26.7 Å². The average molecular weight is 343 g/mol. The van der Waals surface area contributed by atoms with Crippen LogP contribution in [0.3, 0.4) is 0 Å². The van der Waals surface area contributed by atoms with Gasteiger partial charge in [0.05, 0.1) is 11.6 Å². The highest BCUT2D eigenvalue weighted by molar-refractivity contribution is 5.91. The Balaban J connectivity index is 1.68. The first-order valence-electron chi connectivity index (χ1n) is 8.66. The Hall–Kier alpha value is -2.39. The Labute approximate surface area is 148 Å². The first-order chi connectivity index (χ1) is 12.0. The molecule has 1 aromatic carbocycles. The minimum Gasteiger partial charge on any atom is -0.362 e. The van der Waals surface area contributed by atoms with Crippen molar-refractivity contribution in [1.29, 1.82) is 5.26 Å². The van der Waals surface area contributed by atoms with Gasteiger partial charge in [-0.25, -0.2) is 0 Å². The molecule has 6 nitrogen and oxygen atoms in total. The van der Waals surface area contributed by atoms with E-state index in [4.69, 9.17) is 10.00 Å². The van der Waals surface area contributed by atoms with E-state index in [0.29, 0.717) is 23.1 Å². The summed E-state index contributed by atoms with van der Waals surface area (Å²) < 4.78 is 5.20. The zero-order chi connectivity index (χ0) is 18.2. The number of carbonyl (C=O) groups excluding carboxylic acids is 2. The van der Waals surface area contributed by atoms with E-state index < -0.39 is 0 Å². The maximum atomic E-state index is 12.0. The largest absolute Gasteiger partial charge is 0.362 e. The average Bonchev–Trinajstić information content (AvgIpc) is 2.59. The summed E-state index contributed by atoms with van der Waals surface area (Å²) in [5.41, 5.74) is 1.11. The highest BCUT2D eigenvalue weighted by Gasteiger charge is 2.28. The SMILES string of the molecule is C[C@H]1[C@H](C)CCC[C@@H]1NC(=O)COCC(=O)Nc1ccc(C#N)cc1. The van der Waals surface area contributed by atoms with Gasteiger partial charge in [-0.2, -0.15) is 5.26 Å². The first-order valence-corrected chi connectivity index (χ1v) is 8.66. The van der Waals surface area contributed by atoms with Crippen LogP contribution in [-0.2, 0) is 14.3 Å². The molecule has 0 unspecified atom stereocenters. The molecule has 2 N–H and O–H groups in total. The van der Waals surface area contributed by atoms with Crippen LogP contribution < -0.4 is 10.6 Å². The molecule has 1 saturated carbocycles. The molecule has 0 aromatic heterocycles. The molecule has 0 spiro atoms. The highest BCUT2D eigenvalue weighted by Crippen LogP contribution is 2.29. The minimum absolute atomic E-state index is 0.127. The maximum absolute atomic E-state index is 12.0. The fraction of sp³-hybridized carbons (Fsp3) is 0.526. The molecule has 25 heavy (non-hydrogen) atoms. The quantitative estimate of drug-likeness (QED) is 0.830. The second-order valence-corrected chi connectivity index (χ2v) is 6.67. The molecule has 1 aromatic rings. The summed E-state index contributed by atoms with van der Waals surface area (Å²) in [6.45, 7) is 4.07. The van der Waals surface area contributed by atoms with Gasteiger partial charge in [0.1, 0.15) is 13.2 Å². The number of anilines is 1. The Kier molecular flexibility index (Phi) is 6.96. The highest BCUT2D eigenvalue weighted by atomic mass is 16.5. The van der Waals surface area contributed by atoms with E-state index in [-0.39, 0.29) is 31.1 Å². The van der Waals surface area contributed by atoms with E-state index in [1.54, 1.807) is 24.3 Å². The third-order valence-corrected chi connectivity index (χ3v) is 4.82. The zero-order valence-electron chi connectivity index (χ0n) is 14.7. The molecule has 0 saturated heterocycles. The molecule has 0 radical (unpaired) electrons. The molecule has 0 aliphatic heterocycles. The van der Waals surface area contributed by atoms with Crippen molar-refractivity contribution in [2.75, 3.05) is 18.5 Å². The van der Waals surface area contributed by atoms with E-state index >= 15 is 0 Å². The van der Waals surface area contributed by atoms with Gasteiger partial charge in [0.15, 0.2) is 0 Å². The Morgan fingerprint density at radius 2 is 1.84 bits per heavy atom. The van der Waals surface area contributed by atoms with Crippen LogP contribution in [0.25, 0.3) is 0 Å². The Morgan fingerprint density at radius 3 is 2.52 bits per heavy atom. The molecule has 1 aliphatic carbocycles. The van der Waals surface area contributed by atoms with E-state index in [0.717, 1.165) is 12.8 Å². The van der Waals surface area contributed by atoms with Crippen LogP contribution in [0.4, 0.5) is 5.69 Å². The standard InChI is InChI=1S/C19H25N3O3/c1-13-4-3-5-17(14(13)2)22-19(24)12-25-11-18(23)21-16-8-6-15(10-20)7-9-16/h6-9,13-14,17H,3-5,11-12H2,1-2H3,(H,21,23)(H,22,24)/t13-,14+,17+/m1/s1. The van der Waals surface area contributed by atoms with Crippen molar-refractivity contribution in [3.8, 4) is 6.07 Å². The number of benzene rings is 1. The Bertz CT molecular complexity index is 636. The summed E-state index contributed by atoms with van der Waals surface area (Å²) >= 11 is 0. The van der Waals surface area contributed by atoms with Gasteiger partial charge in [-0.3, -0.25) is 9.59 Å². The molecule has 2 amide bonds. The Morgan fingerprint density at radius 1 is 1.16 bits per heavy atom. The number of hydrogen-bond donors (Lipinski definition) is 2. The lowest BCUT2D eigenvalue weighted by Crippen LogP contribution is -2.45. The number of hydrogen-bond acceptors (Lipinski definition) is 4. The molecular formula is C19H25N3O3. The molecule has 134 valence electrons. The topological polar surface area (TPSA) is 91.2 Å². The predicted octanol–water partition coefficient (Wildman–Crippen LogP) is 2.45. The van der Waals surface area contributed by atoms with Gasteiger partial charge in [0.2, 0.25) is 11.8 Å². The van der Waals surface area contributed by atoms with Crippen LogP contribution in [0.1, 0.15) is 38.7 Å². The number of amides is 2. The molecule has 6 heteroatoms. The molecule has 0 bridgehead atoms. The number of carbonyl (C=O) groups is 2. The molecule has 1 aliphatic rings. The smallest absolute Gasteiger partial charge is 0.250 e. The van der Waals surface area contributed by atoms with Gasteiger partial charge < -0.3 is 15.4 Å². The fourth-order valence-corrected chi connectivity index (χ4v) is 3.10. The van der Waals surface area contributed by atoms with Crippen LogP contribution in [0.5, 0.6) is 0 Å². The van der Waals surface area contributed by atoms with Gasteiger partial charge in [-0.15, -0.1) is 0 Å². The monoisotopic (exact) mass is 343 g/mol. The lowest BCUT2D eigenvalue weighted by Gasteiger charge is -2.34. The summed E-state index contributed by atoms with van der Waals surface area (Å²) in [4.78, 5) is 23.8. The van der Waals surface area contributed by atoms with Gasteiger partial charge in [0.25, 0.3) is 0 Å². The third kappa shape index (κ3) is 5.87. The summed E-state index contributed by atoms with van der Waals surface area (Å²) in [5, 5.41) is 14.4. The summed E-state index contributed by atoms with van der Waals surface area (Å²) in [5.74, 6) is 0.546. The van der Waals surface area contributed by atoms with Gasteiger partial charge >= 0.3 is 0 Å². The van der Waals surface area contributed by atoms with Gasteiger partial charge in [0, 0.05) is 11.7 Å². The molecular weight excluding hydrogens is 318 g/mol. The van der Waals surface area contributed by atoms with Crippen molar-refractivity contribution in [1.82, 2.24) is 5.32 Å². The van der Waals surface area contributed by atoms with Crippen LogP contribution in [0, 0.1) is 23.2 Å². The van der Waals surface area contributed by atoms with E-state index in [1.807, 2.05) is 6.07 Å². The van der Waals surface area contributed by atoms with E-state index in [2.05, 4.69) is 24.5 Å². The number of nitrogens with zero attached hydrogens (tertiary/aromatic N) is 1. The van der Waals surface area contributed by atoms with E-state index in [9.17, 15) is 9.59 Å². The molecule has 3 atom stereocenters. The minimum atomic E-state index is -0.336. The van der Waals surface area contributed by atoms with Crippen molar-refractivity contribution >= 4 is 17.5 Å². The van der Waals surface area contributed by atoms with Crippen molar-refractivity contribution in [3.63, 3.8) is 0 Å². The van der Waals surface area contributed by atoms with Crippen molar-refractivity contribution in [2.24, 2.45) is 11.8 Å². The lowest BCUT2D eigenvalue weighted by atomic mass is 9.78. The first kappa shape index (κ1) is 18.9. The molecule has 2 rings (SSSR count). The second kappa shape index (κ2) is 9.19. The lowest BCUT2D eigenvalue weighted by molar-refractivity contribution is -0.129. The van der Waals surface area contributed by atoms with Crippen LogP contribution in [0.15, 0.2) is 24.3 Å². The van der Waals surface area contributed by atoms with Crippen LogP contribution in [0.2, 0.25) is 0 Å². The van der Waals surface area contributed by atoms with Crippen LogP contribution in [-0.4, -0.2) is 31.1 Å². The second-order valence-electron chi connectivity index (χ2n) is 6.67. The normalized spacial score (nSPS) is 22.7. The molecule has 1 fully saturated rings. The number of rotatable bonds is 6.